The zero-order valence-electron chi connectivity index (χ0n) is 22.3. The SMILES string of the molecule is N=C(c1ccccc1)c1ccc(-c2cccc3oc4ccc(-c5cc6ccccc6c6ccccc56)cc4c23)cc1. The van der Waals surface area contributed by atoms with Crippen molar-refractivity contribution >= 4 is 49.2 Å². The van der Waals surface area contributed by atoms with Crippen LogP contribution in [0.2, 0.25) is 0 Å². The molecule has 0 saturated heterocycles. The van der Waals surface area contributed by atoms with Crippen LogP contribution < -0.4 is 0 Å². The summed E-state index contributed by atoms with van der Waals surface area (Å²) in [5.74, 6) is 0. The van der Waals surface area contributed by atoms with Crippen molar-refractivity contribution in [3.8, 4) is 22.3 Å². The van der Waals surface area contributed by atoms with Gasteiger partial charge in [0.2, 0.25) is 0 Å². The summed E-state index contributed by atoms with van der Waals surface area (Å²) in [6.07, 6.45) is 0. The highest BCUT2D eigenvalue weighted by atomic mass is 16.3. The van der Waals surface area contributed by atoms with Gasteiger partial charge in [0.05, 0.1) is 5.71 Å². The Morgan fingerprint density at radius 1 is 0.439 bits per heavy atom. The zero-order chi connectivity index (χ0) is 27.3. The molecular formula is C39H25NO. The monoisotopic (exact) mass is 523 g/mol. The summed E-state index contributed by atoms with van der Waals surface area (Å²) in [7, 11) is 0. The van der Waals surface area contributed by atoms with E-state index in [0.717, 1.165) is 44.2 Å². The van der Waals surface area contributed by atoms with Gasteiger partial charge in [0.15, 0.2) is 0 Å². The molecule has 0 amide bonds. The number of hydrogen-bond donors (Lipinski definition) is 1. The summed E-state index contributed by atoms with van der Waals surface area (Å²) in [6.45, 7) is 0. The predicted molar refractivity (Wildman–Crippen MR) is 172 cm³/mol. The second-order valence-corrected chi connectivity index (χ2v) is 10.5. The summed E-state index contributed by atoms with van der Waals surface area (Å²) in [5.41, 5.74) is 8.70. The van der Waals surface area contributed by atoms with Crippen molar-refractivity contribution in [1.82, 2.24) is 0 Å². The Morgan fingerprint density at radius 2 is 1.12 bits per heavy atom. The van der Waals surface area contributed by atoms with Gasteiger partial charge in [-0.05, 0) is 73.6 Å². The summed E-state index contributed by atoms with van der Waals surface area (Å²) in [6, 6.07) is 50.6. The molecular weight excluding hydrogens is 498 g/mol. The molecule has 1 heterocycles. The van der Waals surface area contributed by atoms with Gasteiger partial charge in [-0.25, -0.2) is 0 Å². The highest BCUT2D eigenvalue weighted by molar-refractivity contribution is 6.17. The highest BCUT2D eigenvalue weighted by Gasteiger charge is 2.15. The lowest BCUT2D eigenvalue weighted by Gasteiger charge is -2.11. The molecule has 0 atom stereocenters. The molecule has 41 heavy (non-hydrogen) atoms. The van der Waals surface area contributed by atoms with Crippen LogP contribution in [0.25, 0.3) is 65.7 Å². The highest BCUT2D eigenvalue weighted by Crippen LogP contribution is 2.41. The van der Waals surface area contributed by atoms with Crippen molar-refractivity contribution in [3.05, 3.63) is 157 Å². The van der Waals surface area contributed by atoms with E-state index in [2.05, 4.69) is 97.1 Å². The van der Waals surface area contributed by atoms with Crippen LogP contribution in [0.3, 0.4) is 0 Å². The van der Waals surface area contributed by atoms with Crippen molar-refractivity contribution in [1.29, 1.82) is 5.41 Å². The molecule has 1 N–H and O–H groups in total. The Balaban J connectivity index is 1.29. The van der Waals surface area contributed by atoms with E-state index >= 15 is 0 Å². The molecule has 0 spiro atoms. The fourth-order valence-corrected chi connectivity index (χ4v) is 6.12. The van der Waals surface area contributed by atoms with Gasteiger partial charge in [-0.2, -0.15) is 0 Å². The van der Waals surface area contributed by atoms with Gasteiger partial charge in [-0.15, -0.1) is 0 Å². The van der Waals surface area contributed by atoms with Crippen LogP contribution >= 0.6 is 0 Å². The maximum atomic E-state index is 8.66. The molecule has 2 heteroatoms. The van der Waals surface area contributed by atoms with Crippen LogP contribution in [0.1, 0.15) is 11.1 Å². The van der Waals surface area contributed by atoms with E-state index in [9.17, 15) is 0 Å². The summed E-state index contributed by atoms with van der Waals surface area (Å²) in [4.78, 5) is 0. The van der Waals surface area contributed by atoms with Gasteiger partial charge < -0.3 is 4.42 Å². The minimum Gasteiger partial charge on any atom is -0.456 e. The van der Waals surface area contributed by atoms with Crippen LogP contribution in [-0.4, -0.2) is 5.71 Å². The number of hydrogen-bond acceptors (Lipinski definition) is 2. The summed E-state index contributed by atoms with van der Waals surface area (Å²) < 4.78 is 6.35. The number of nitrogens with one attached hydrogen (secondary N) is 1. The first-order chi connectivity index (χ1) is 20.2. The average Bonchev–Trinajstić information content (AvgIpc) is 3.43. The van der Waals surface area contributed by atoms with E-state index in [1.807, 2.05) is 48.5 Å². The van der Waals surface area contributed by atoms with Crippen molar-refractivity contribution in [2.24, 2.45) is 0 Å². The summed E-state index contributed by atoms with van der Waals surface area (Å²) >= 11 is 0. The quantitative estimate of drug-likeness (QED) is 0.181. The topological polar surface area (TPSA) is 37.0 Å². The standard InChI is InChI=1S/C39H25NO/c40-39(26-9-2-1-3-10-26)27-19-17-25(18-20-27)31-15-8-16-37-38(31)35-24-29(21-22-36(35)41-37)34-23-28-11-4-5-12-30(28)32-13-6-7-14-33(32)34/h1-24,40H. The molecule has 0 unspecified atom stereocenters. The predicted octanol–water partition coefficient (Wildman–Crippen LogP) is 10.6. The lowest BCUT2D eigenvalue weighted by atomic mass is 9.92. The zero-order valence-corrected chi connectivity index (χ0v) is 22.3. The molecule has 0 aliphatic rings. The molecule has 2 nitrogen and oxygen atoms in total. The minimum absolute atomic E-state index is 0.524. The molecule has 192 valence electrons. The number of furan rings is 1. The molecule has 0 saturated carbocycles. The second-order valence-electron chi connectivity index (χ2n) is 10.5. The third-order valence-corrected chi connectivity index (χ3v) is 8.12. The second kappa shape index (κ2) is 9.32. The maximum absolute atomic E-state index is 8.66. The van der Waals surface area contributed by atoms with Crippen molar-refractivity contribution in [2.75, 3.05) is 0 Å². The Hall–Kier alpha value is -5.47. The Bertz CT molecular complexity index is 2260. The van der Waals surface area contributed by atoms with E-state index < -0.39 is 0 Å². The number of fused-ring (bicyclic) bond motifs is 6. The van der Waals surface area contributed by atoms with E-state index in [1.54, 1.807) is 0 Å². The van der Waals surface area contributed by atoms with Gasteiger partial charge in [0, 0.05) is 16.3 Å². The van der Waals surface area contributed by atoms with Crippen LogP contribution in [-0.2, 0) is 0 Å². The van der Waals surface area contributed by atoms with Crippen molar-refractivity contribution in [3.63, 3.8) is 0 Å². The van der Waals surface area contributed by atoms with Crippen LogP contribution in [0, 0.1) is 5.41 Å². The largest absolute Gasteiger partial charge is 0.456 e. The molecule has 0 aliphatic carbocycles. The normalized spacial score (nSPS) is 11.5. The molecule has 0 bridgehead atoms. The average molecular weight is 524 g/mol. The Labute approximate surface area is 237 Å². The Morgan fingerprint density at radius 3 is 1.95 bits per heavy atom. The fraction of sp³-hybridized carbons (Fsp3) is 0. The van der Waals surface area contributed by atoms with Crippen LogP contribution in [0.5, 0.6) is 0 Å². The number of rotatable bonds is 4. The summed E-state index contributed by atoms with van der Waals surface area (Å²) in [5, 5.41) is 15.9. The molecule has 0 fully saturated rings. The lowest BCUT2D eigenvalue weighted by molar-refractivity contribution is 0.669. The van der Waals surface area contributed by atoms with Gasteiger partial charge in [0.1, 0.15) is 11.2 Å². The smallest absolute Gasteiger partial charge is 0.136 e. The first-order valence-corrected chi connectivity index (χ1v) is 13.9. The van der Waals surface area contributed by atoms with Gasteiger partial charge in [0.25, 0.3) is 0 Å². The van der Waals surface area contributed by atoms with Crippen molar-refractivity contribution < 1.29 is 4.42 Å². The Kier molecular flexibility index (Phi) is 5.33. The van der Waals surface area contributed by atoms with Crippen LogP contribution in [0.15, 0.2) is 150 Å². The molecule has 0 aliphatic heterocycles. The molecule has 7 aromatic carbocycles. The molecule has 1 aromatic heterocycles. The molecule has 8 aromatic rings. The van der Waals surface area contributed by atoms with Gasteiger partial charge >= 0.3 is 0 Å². The molecule has 8 rings (SSSR count). The first kappa shape index (κ1) is 23.4. The van der Waals surface area contributed by atoms with E-state index in [0.29, 0.717) is 5.71 Å². The first-order valence-electron chi connectivity index (χ1n) is 13.9. The van der Waals surface area contributed by atoms with Crippen molar-refractivity contribution in [2.45, 2.75) is 0 Å². The third-order valence-electron chi connectivity index (χ3n) is 8.12. The van der Waals surface area contributed by atoms with Crippen LogP contribution in [0.4, 0.5) is 0 Å². The van der Waals surface area contributed by atoms with E-state index in [4.69, 9.17) is 9.83 Å². The van der Waals surface area contributed by atoms with E-state index in [1.165, 1.54) is 32.7 Å². The molecule has 0 radical (unpaired) electrons. The van der Waals surface area contributed by atoms with Gasteiger partial charge in [-0.1, -0.05) is 121 Å². The number of benzene rings is 7. The minimum atomic E-state index is 0.524. The van der Waals surface area contributed by atoms with E-state index in [-0.39, 0.29) is 0 Å². The van der Waals surface area contributed by atoms with Gasteiger partial charge in [-0.3, -0.25) is 5.41 Å². The third kappa shape index (κ3) is 3.84. The maximum Gasteiger partial charge on any atom is 0.136 e. The lowest BCUT2D eigenvalue weighted by Crippen LogP contribution is -2.00. The fourth-order valence-electron chi connectivity index (χ4n) is 6.12.